The van der Waals surface area contributed by atoms with E-state index in [1.165, 1.54) is 12.1 Å². The summed E-state index contributed by atoms with van der Waals surface area (Å²) in [6, 6.07) is 12.1. The highest BCUT2D eigenvalue weighted by Gasteiger charge is 2.26. The van der Waals surface area contributed by atoms with Crippen LogP contribution in [0.15, 0.2) is 48.7 Å². The van der Waals surface area contributed by atoms with E-state index < -0.39 is 11.9 Å². The molecule has 0 aliphatic carbocycles. The summed E-state index contributed by atoms with van der Waals surface area (Å²) in [5, 5.41) is 21.7. The van der Waals surface area contributed by atoms with Crippen LogP contribution < -0.4 is 5.32 Å². The maximum absolute atomic E-state index is 12.2. The zero-order chi connectivity index (χ0) is 20.6. The quantitative estimate of drug-likeness (QED) is 0.621. The molecule has 2 heterocycles. The Kier molecular flexibility index (Phi) is 7.15. The fourth-order valence-electron chi connectivity index (χ4n) is 3.41. The average molecular weight is 398 g/mol. The fourth-order valence-corrected chi connectivity index (χ4v) is 3.41. The molecule has 1 fully saturated rings. The standard InChI is InChI=1S/C21H26N4O4/c26-19-6-3-5-17(13-19)23-20(27)12-16(21(28)29)14-24-8-10-25(11-9-24)15-18-4-1-2-7-22-18/h1-7,13,16,26H,8-12,14-15H2,(H,23,27)(H,28,29). The van der Waals surface area contributed by atoms with Crippen LogP contribution in [0.1, 0.15) is 12.1 Å². The number of rotatable bonds is 8. The van der Waals surface area contributed by atoms with E-state index in [4.69, 9.17) is 0 Å². The minimum Gasteiger partial charge on any atom is -0.508 e. The first kappa shape index (κ1) is 20.8. The third-order valence-electron chi connectivity index (χ3n) is 4.97. The summed E-state index contributed by atoms with van der Waals surface area (Å²) in [5.74, 6) is -2.10. The Balaban J connectivity index is 1.47. The van der Waals surface area contributed by atoms with Crippen LogP contribution in [0, 0.1) is 5.92 Å². The number of phenols is 1. The summed E-state index contributed by atoms with van der Waals surface area (Å²) in [5.41, 5.74) is 1.47. The van der Waals surface area contributed by atoms with Gasteiger partial charge in [-0.15, -0.1) is 0 Å². The van der Waals surface area contributed by atoms with Crippen molar-refractivity contribution in [3.8, 4) is 5.75 Å². The molecule has 1 atom stereocenters. The van der Waals surface area contributed by atoms with Crippen molar-refractivity contribution in [2.75, 3.05) is 38.0 Å². The molecule has 0 spiro atoms. The number of piperazine rings is 1. The van der Waals surface area contributed by atoms with Crippen molar-refractivity contribution < 1.29 is 19.8 Å². The van der Waals surface area contributed by atoms with Crippen LogP contribution >= 0.6 is 0 Å². The largest absolute Gasteiger partial charge is 0.508 e. The number of aromatic hydroxyl groups is 1. The number of carboxylic acid groups (broad SMARTS) is 1. The maximum atomic E-state index is 12.2. The Bertz CT molecular complexity index is 822. The van der Waals surface area contributed by atoms with Crippen molar-refractivity contribution in [2.24, 2.45) is 5.92 Å². The first-order valence-corrected chi connectivity index (χ1v) is 9.66. The Morgan fingerprint density at radius 3 is 2.48 bits per heavy atom. The summed E-state index contributed by atoms with van der Waals surface area (Å²) in [7, 11) is 0. The van der Waals surface area contributed by atoms with Gasteiger partial charge in [0.05, 0.1) is 11.6 Å². The van der Waals surface area contributed by atoms with E-state index in [-0.39, 0.29) is 18.1 Å². The molecule has 29 heavy (non-hydrogen) atoms. The summed E-state index contributed by atoms with van der Waals surface area (Å²) in [6.45, 7) is 4.29. The zero-order valence-corrected chi connectivity index (χ0v) is 16.2. The van der Waals surface area contributed by atoms with E-state index in [1.54, 1.807) is 18.3 Å². The summed E-state index contributed by atoms with van der Waals surface area (Å²) < 4.78 is 0. The monoisotopic (exact) mass is 398 g/mol. The van der Waals surface area contributed by atoms with Gasteiger partial charge in [-0.3, -0.25) is 24.4 Å². The van der Waals surface area contributed by atoms with Gasteiger partial charge in [0.15, 0.2) is 0 Å². The van der Waals surface area contributed by atoms with Gasteiger partial charge in [-0.05, 0) is 24.3 Å². The number of phenolic OH excluding ortho intramolecular Hbond substituents is 1. The number of nitrogens with one attached hydrogen (secondary N) is 1. The molecule has 154 valence electrons. The minimum atomic E-state index is -0.980. The molecule has 8 nitrogen and oxygen atoms in total. The number of nitrogens with zero attached hydrogens (tertiary/aromatic N) is 3. The number of aromatic nitrogens is 1. The van der Waals surface area contributed by atoms with E-state index in [1.807, 2.05) is 18.2 Å². The molecule has 1 unspecified atom stereocenters. The van der Waals surface area contributed by atoms with E-state index >= 15 is 0 Å². The highest BCUT2D eigenvalue weighted by molar-refractivity contribution is 5.93. The number of carbonyl (C=O) groups excluding carboxylic acids is 1. The van der Waals surface area contributed by atoms with Crippen LogP contribution in [0.3, 0.4) is 0 Å². The van der Waals surface area contributed by atoms with Gasteiger partial charge in [0, 0.05) is 63.6 Å². The number of aliphatic carboxylic acids is 1. The normalized spacial score (nSPS) is 16.3. The van der Waals surface area contributed by atoms with Crippen LogP contribution in [-0.4, -0.2) is 69.6 Å². The van der Waals surface area contributed by atoms with Gasteiger partial charge in [-0.1, -0.05) is 12.1 Å². The lowest BCUT2D eigenvalue weighted by Crippen LogP contribution is -2.48. The van der Waals surface area contributed by atoms with Crippen LogP contribution in [0.2, 0.25) is 0 Å². The Morgan fingerprint density at radius 2 is 1.83 bits per heavy atom. The molecule has 0 saturated carbocycles. The van der Waals surface area contributed by atoms with Crippen molar-refractivity contribution in [3.63, 3.8) is 0 Å². The topological polar surface area (TPSA) is 106 Å². The smallest absolute Gasteiger partial charge is 0.308 e. The Hall–Kier alpha value is -2.97. The second kappa shape index (κ2) is 9.99. The van der Waals surface area contributed by atoms with Crippen molar-refractivity contribution in [1.29, 1.82) is 0 Å². The molecule has 0 bridgehead atoms. The van der Waals surface area contributed by atoms with Crippen LogP contribution in [0.4, 0.5) is 5.69 Å². The SMILES string of the molecule is O=C(CC(CN1CCN(Cc2ccccn2)CC1)C(=O)O)Nc1cccc(O)c1. The summed E-state index contributed by atoms with van der Waals surface area (Å²) in [6.07, 6.45) is 1.67. The van der Waals surface area contributed by atoms with E-state index in [0.29, 0.717) is 12.2 Å². The lowest BCUT2D eigenvalue weighted by molar-refractivity contribution is -0.144. The number of hydrogen-bond acceptors (Lipinski definition) is 6. The van der Waals surface area contributed by atoms with E-state index in [0.717, 1.165) is 38.4 Å². The van der Waals surface area contributed by atoms with Gasteiger partial charge in [-0.2, -0.15) is 0 Å². The van der Waals surface area contributed by atoms with Gasteiger partial charge in [0.25, 0.3) is 0 Å². The molecule has 1 aromatic heterocycles. The molecule has 0 radical (unpaired) electrons. The van der Waals surface area contributed by atoms with Crippen LogP contribution in [0.5, 0.6) is 5.75 Å². The maximum Gasteiger partial charge on any atom is 0.308 e. The first-order valence-electron chi connectivity index (χ1n) is 9.66. The van der Waals surface area contributed by atoms with Gasteiger partial charge in [0.1, 0.15) is 5.75 Å². The van der Waals surface area contributed by atoms with Crippen molar-refractivity contribution in [1.82, 2.24) is 14.8 Å². The third-order valence-corrected chi connectivity index (χ3v) is 4.97. The lowest BCUT2D eigenvalue weighted by Gasteiger charge is -2.35. The van der Waals surface area contributed by atoms with Crippen LogP contribution in [-0.2, 0) is 16.1 Å². The predicted octanol–water partition coefficient (Wildman–Crippen LogP) is 1.63. The van der Waals surface area contributed by atoms with Crippen molar-refractivity contribution in [2.45, 2.75) is 13.0 Å². The van der Waals surface area contributed by atoms with Gasteiger partial charge >= 0.3 is 5.97 Å². The summed E-state index contributed by atoms with van der Waals surface area (Å²) in [4.78, 5) is 32.6. The highest BCUT2D eigenvalue weighted by Crippen LogP contribution is 2.17. The molecular weight excluding hydrogens is 372 g/mol. The first-order chi connectivity index (χ1) is 14.0. The highest BCUT2D eigenvalue weighted by atomic mass is 16.4. The molecule has 1 amide bonds. The molecule has 8 heteroatoms. The number of amides is 1. The average Bonchev–Trinajstić information content (AvgIpc) is 2.69. The molecule has 2 aromatic rings. The fraction of sp³-hybridized carbons (Fsp3) is 0.381. The van der Waals surface area contributed by atoms with E-state index in [9.17, 15) is 19.8 Å². The van der Waals surface area contributed by atoms with Gasteiger partial charge in [-0.25, -0.2) is 0 Å². The number of hydrogen-bond donors (Lipinski definition) is 3. The summed E-state index contributed by atoms with van der Waals surface area (Å²) >= 11 is 0. The number of carbonyl (C=O) groups is 2. The third kappa shape index (κ3) is 6.55. The lowest BCUT2D eigenvalue weighted by atomic mass is 10.0. The molecule has 1 aliphatic heterocycles. The van der Waals surface area contributed by atoms with E-state index in [2.05, 4.69) is 20.1 Å². The Morgan fingerprint density at radius 1 is 1.07 bits per heavy atom. The Labute approximate surface area is 169 Å². The van der Waals surface area contributed by atoms with Crippen LogP contribution in [0.25, 0.3) is 0 Å². The molecule has 3 rings (SSSR count). The minimum absolute atomic E-state index is 0.0427. The number of pyridine rings is 1. The molecule has 1 aliphatic rings. The number of carboxylic acids is 1. The number of benzene rings is 1. The zero-order valence-electron chi connectivity index (χ0n) is 16.2. The van der Waals surface area contributed by atoms with Gasteiger partial charge < -0.3 is 15.5 Å². The molecular formula is C21H26N4O4. The number of anilines is 1. The van der Waals surface area contributed by atoms with Crippen molar-refractivity contribution in [3.05, 3.63) is 54.4 Å². The predicted molar refractivity (Wildman–Crippen MR) is 108 cm³/mol. The van der Waals surface area contributed by atoms with Crippen molar-refractivity contribution >= 4 is 17.6 Å². The molecule has 1 aromatic carbocycles. The van der Waals surface area contributed by atoms with Gasteiger partial charge in [0.2, 0.25) is 5.91 Å². The second-order valence-corrected chi connectivity index (χ2v) is 7.24. The molecule has 1 saturated heterocycles. The second-order valence-electron chi connectivity index (χ2n) is 7.24. The molecule has 3 N–H and O–H groups in total.